The number of nitrogens with zero attached hydrogens (tertiary/aromatic N) is 2. The maximum absolute atomic E-state index is 9.48. The van der Waals surface area contributed by atoms with Gasteiger partial charge in [-0.05, 0) is 12.0 Å². The van der Waals surface area contributed by atoms with Gasteiger partial charge in [-0.1, -0.05) is 41.9 Å². The van der Waals surface area contributed by atoms with Gasteiger partial charge in [0.25, 0.3) is 0 Å². The Morgan fingerprint density at radius 1 is 1.30 bits per heavy atom. The molecule has 0 saturated carbocycles. The minimum Gasteiger partial charge on any atom is -0.394 e. The molecule has 1 unspecified atom stereocenters. The lowest BCUT2D eigenvalue weighted by Gasteiger charge is -2.18. The maximum Gasteiger partial charge on any atom is 0.239 e. The van der Waals surface area contributed by atoms with E-state index in [-0.39, 0.29) is 18.6 Å². The summed E-state index contributed by atoms with van der Waals surface area (Å²) in [5.41, 5.74) is 3.46. The average molecular weight is 294 g/mol. The van der Waals surface area contributed by atoms with Crippen molar-refractivity contribution in [2.45, 2.75) is 12.5 Å². The number of nitrogens with two attached hydrogens (primary N) is 1. The smallest absolute Gasteiger partial charge is 0.239 e. The highest BCUT2D eigenvalue weighted by atomic mass is 35.5. The van der Waals surface area contributed by atoms with Gasteiger partial charge in [0, 0.05) is 0 Å². The van der Waals surface area contributed by atoms with E-state index in [0.29, 0.717) is 17.3 Å². The van der Waals surface area contributed by atoms with Gasteiger partial charge in [0.1, 0.15) is 5.02 Å². The molecular weight excluding hydrogens is 278 g/mol. The van der Waals surface area contributed by atoms with E-state index in [0.717, 1.165) is 5.56 Å². The lowest BCUT2D eigenvalue weighted by Crippen LogP contribution is -2.27. The van der Waals surface area contributed by atoms with Crippen LogP contribution in [0.3, 0.4) is 0 Å². The molecule has 0 bridgehead atoms. The van der Waals surface area contributed by atoms with Crippen LogP contribution in [-0.2, 0) is 6.42 Å². The normalized spacial score (nSPS) is 11.9. The van der Waals surface area contributed by atoms with Gasteiger partial charge in [-0.25, -0.2) is 10.8 Å². The van der Waals surface area contributed by atoms with Crippen molar-refractivity contribution in [3.05, 3.63) is 47.1 Å². The van der Waals surface area contributed by atoms with Crippen LogP contribution in [0.15, 0.2) is 36.5 Å². The van der Waals surface area contributed by atoms with Gasteiger partial charge >= 0.3 is 0 Å². The van der Waals surface area contributed by atoms with Crippen LogP contribution in [0.1, 0.15) is 5.56 Å². The molecule has 0 saturated heterocycles. The van der Waals surface area contributed by atoms with Crippen molar-refractivity contribution in [1.29, 1.82) is 0 Å². The first-order valence-electron chi connectivity index (χ1n) is 6.13. The predicted molar refractivity (Wildman–Crippen MR) is 79.5 cm³/mol. The molecule has 106 valence electrons. The number of aliphatic hydroxyl groups is 1. The second kappa shape index (κ2) is 7.04. The third-order valence-electron chi connectivity index (χ3n) is 2.76. The molecule has 5 N–H and O–H groups in total. The largest absolute Gasteiger partial charge is 0.394 e. The number of benzene rings is 1. The number of anilines is 2. The van der Waals surface area contributed by atoms with Crippen molar-refractivity contribution in [2.24, 2.45) is 5.84 Å². The van der Waals surface area contributed by atoms with Crippen LogP contribution >= 0.6 is 11.6 Å². The highest BCUT2D eigenvalue weighted by Crippen LogP contribution is 2.20. The van der Waals surface area contributed by atoms with Crippen molar-refractivity contribution < 1.29 is 5.11 Å². The van der Waals surface area contributed by atoms with Crippen LogP contribution in [-0.4, -0.2) is 27.7 Å². The van der Waals surface area contributed by atoms with E-state index in [9.17, 15) is 5.11 Å². The Kier molecular flexibility index (Phi) is 5.11. The molecule has 1 atom stereocenters. The van der Waals surface area contributed by atoms with E-state index in [1.807, 2.05) is 30.3 Å². The molecule has 0 spiro atoms. The average Bonchev–Trinajstić information content (AvgIpc) is 2.49. The van der Waals surface area contributed by atoms with Crippen molar-refractivity contribution in [2.75, 3.05) is 17.3 Å². The van der Waals surface area contributed by atoms with E-state index in [1.54, 1.807) is 0 Å². The Hall–Kier alpha value is -1.89. The quantitative estimate of drug-likeness (QED) is 0.475. The van der Waals surface area contributed by atoms with Gasteiger partial charge in [0.05, 0.1) is 18.8 Å². The molecule has 0 aliphatic carbocycles. The Morgan fingerprint density at radius 2 is 2.05 bits per heavy atom. The van der Waals surface area contributed by atoms with Crippen molar-refractivity contribution in [3.8, 4) is 0 Å². The Morgan fingerprint density at radius 3 is 2.70 bits per heavy atom. The predicted octanol–water partition coefficient (Wildman–Crippen LogP) is 1.43. The lowest BCUT2D eigenvalue weighted by molar-refractivity contribution is 0.273. The van der Waals surface area contributed by atoms with Gasteiger partial charge in [-0.3, -0.25) is 5.43 Å². The molecule has 2 rings (SSSR count). The summed E-state index contributed by atoms with van der Waals surface area (Å²) in [6.45, 7) is -0.0411. The van der Waals surface area contributed by atoms with Gasteiger partial charge in [0.15, 0.2) is 5.82 Å². The summed E-state index contributed by atoms with van der Waals surface area (Å²) in [5, 5.41) is 12.9. The van der Waals surface area contributed by atoms with E-state index in [4.69, 9.17) is 17.4 Å². The van der Waals surface area contributed by atoms with Crippen LogP contribution in [0.2, 0.25) is 5.02 Å². The number of aromatic nitrogens is 2. The summed E-state index contributed by atoms with van der Waals surface area (Å²) >= 11 is 6.02. The van der Waals surface area contributed by atoms with Crippen LogP contribution in [0, 0.1) is 0 Å². The van der Waals surface area contributed by atoms with E-state index in [1.165, 1.54) is 6.20 Å². The fraction of sp³-hybridized carbons (Fsp3) is 0.231. The number of nitrogens with one attached hydrogen (secondary N) is 2. The summed E-state index contributed by atoms with van der Waals surface area (Å²) in [6, 6.07) is 9.66. The minimum atomic E-state index is -0.199. The first-order chi connectivity index (χ1) is 9.72. The number of hydrogen-bond acceptors (Lipinski definition) is 6. The highest BCUT2D eigenvalue weighted by Gasteiger charge is 2.12. The zero-order valence-electron chi connectivity index (χ0n) is 10.8. The Labute approximate surface area is 122 Å². The molecule has 6 nitrogen and oxygen atoms in total. The van der Waals surface area contributed by atoms with Crippen molar-refractivity contribution in [1.82, 2.24) is 9.97 Å². The van der Waals surface area contributed by atoms with Gasteiger partial charge in [-0.2, -0.15) is 4.98 Å². The van der Waals surface area contributed by atoms with E-state index < -0.39 is 0 Å². The summed E-state index contributed by atoms with van der Waals surface area (Å²) in [6.07, 6.45) is 2.10. The number of halogens is 1. The minimum absolute atomic E-state index is 0.0411. The number of aliphatic hydroxyl groups excluding tert-OH is 1. The second-order valence-electron chi connectivity index (χ2n) is 4.25. The van der Waals surface area contributed by atoms with Gasteiger partial charge < -0.3 is 10.4 Å². The molecule has 0 radical (unpaired) electrons. The van der Waals surface area contributed by atoms with Crippen LogP contribution in [0.4, 0.5) is 11.8 Å². The van der Waals surface area contributed by atoms with Gasteiger partial charge in [-0.15, -0.1) is 0 Å². The molecule has 0 aliphatic rings. The third kappa shape index (κ3) is 3.80. The standard InChI is InChI=1S/C13H16ClN5O/c14-11-7-16-13(19-15)18-12(11)17-10(8-20)6-9-4-2-1-3-5-9/h1-5,7,10,20H,6,8,15H2,(H2,16,17,18,19). The molecule has 7 heteroatoms. The second-order valence-corrected chi connectivity index (χ2v) is 4.66. The molecule has 0 aliphatic heterocycles. The summed E-state index contributed by atoms with van der Waals surface area (Å²) < 4.78 is 0. The number of hydrogen-bond donors (Lipinski definition) is 4. The number of hydrazine groups is 1. The maximum atomic E-state index is 9.48. The molecule has 1 aromatic carbocycles. The van der Waals surface area contributed by atoms with Crippen LogP contribution in [0.5, 0.6) is 0 Å². The highest BCUT2D eigenvalue weighted by molar-refractivity contribution is 6.32. The molecule has 2 aromatic rings. The Bertz CT molecular complexity index is 552. The SMILES string of the molecule is NNc1ncc(Cl)c(NC(CO)Cc2ccccc2)n1. The fourth-order valence-corrected chi connectivity index (χ4v) is 1.94. The first-order valence-corrected chi connectivity index (χ1v) is 6.51. The molecule has 20 heavy (non-hydrogen) atoms. The Balaban J connectivity index is 2.10. The molecule has 0 amide bonds. The van der Waals surface area contributed by atoms with E-state index in [2.05, 4.69) is 20.7 Å². The lowest BCUT2D eigenvalue weighted by atomic mass is 10.1. The first kappa shape index (κ1) is 14.5. The molecular formula is C13H16ClN5O. The zero-order chi connectivity index (χ0) is 14.4. The van der Waals surface area contributed by atoms with E-state index >= 15 is 0 Å². The number of nitrogen functional groups attached to an aromatic ring is 1. The topological polar surface area (TPSA) is 96.1 Å². The summed E-state index contributed by atoms with van der Waals surface area (Å²) in [4.78, 5) is 8.01. The summed E-state index contributed by atoms with van der Waals surface area (Å²) in [5.74, 6) is 5.95. The summed E-state index contributed by atoms with van der Waals surface area (Å²) in [7, 11) is 0. The number of rotatable bonds is 6. The molecule has 0 fully saturated rings. The fourth-order valence-electron chi connectivity index (χ4n) is 1.79. The molecule has 1 aromatic heterocycles. The monoisotopic (exact) mass is 293 g/mol. The van der Waals surface area contributed by atoms with Gasteiger partial charge in [0.2, 0.25) is 5.95 Å². The molecule has 1 heterocycles. The van der Waals surface area contributed by atoms with Crippen molar-refractivity contribution >= 4 is 23.4 Å². The van der Waals surface area contributed by atoms with Crippen LogP contribution in [0.25, 0.3) is 0 Å². The van der Waals surface area contributed by atoms with Crippen LogP contribution < -0.4 is 16.6 Å². The third-order valence-corrected chi connectivity index (χ3v) is 3.04. The van der Waals surface area contributed by atoms with Crippen molar-refractivity contribution in [3.63, 3.8) is 0 Å². The zero-order valence-corrected chi connectivity index (χ0v) is 11.5.